The average Bonchev–Trinajstić information content (AvgIpc) is 3.13. The minimum atomic E-state index is -0.676. The van der Waals surface area contributed by atoms with Gasteiger partial charge in [-0.3, -0.25) is 14.2 Å². The lowest BCUT2D eigenvalue weighted by Gasteiger charge is -2.33. The van der Waals surface area contributed by atoms with E-state index in [0.717, 1.165) is 22.0 Å². The van der Waals surface area contributed by atoms with Crippen molar-refractivity contribution in [1.82, 2.24) is 19.9 Å². The van der Waals surface area contributed by atoms with Crippen molar-refractivity contribution in [3.63, 3.8) is 0 Å². The Morgan fingerprint density at radius 3 is 2.62 bits per heavy atom. The van der Waals surface area contributed by atoms with E-state index in [-0.39, 0.29) is 11.5 Å². The van der Waals surface area contributed by atoms with Crippen LogP contribution in [0.4, 0.5) is 0 Å². The van der Waals surface area contributed by atoms with Crippen molar-refractivity contribution in [2.45, 2.75) is 25.4 Å². The number of aromatic nitrogens is 3. The van der Waals surface area contributed by atoms with Crippen LogP contribution in [0.25, 0.3) is 21.8 Å². The molecule has 2 atom stereocenters. The van der Waals surface area contributed by atoms with Crippen LogP contribution in [0.15, 0.2) is 71.7 Å². The number of carbonyl (C=O) groups is 1. The molecule has 1 aliphatic rings. The summed E-state index contributed by atoms with van der Waals surface area (Å²) in [5, 5.41) is 4.56. The smallest absolute Gasteiger partial charge is 0.262 e. The minimum absolute atomic E-state index is 0.198. The van der Waals surface area contributed by atoms with Crippen LogP contribution in [-0.4, -0.2) is 20.4 Å². The molecule has 0 bridgehead atoms. The van der Waals surface area contributed by atoms with Crippen LogP contribution in [-0.2, 0) is 11.2 Å². The zero-order valence-corrected chi connectivity index (χ0v) is 16.0. The number of aromatic amines is 1. The molecule has 0 spiro atoms. The highest BCUT2D eigenvalue weighted by Gasteiger charge is 2.36. The van der Waals surface area contributed by atoms with Gasteiger partial charge < -0.3 is 10.3 Å². The third kappa shape index (κ3) is 2.68. The summed E-state index contributed by atoms with van der Waals surface area (Å²) in [6.45, 7) is 5.82. The quantitative estimate of drug-likeness (QED) is 0.531. The number of amides is 1. The van der Waals surface area contributed by atoms with Gasteiger partial charge in [-0.25, -0.2) is 4.98 Å². The van der Waals surface area contributed by atoms with Crippen molar-refractivity contribution in [3.8, 4) is 0 Å². The van der Waals surface area contributed by atoms with Crippen LogP contribution < -0.4 is 10.9 Å². The van der Waals surface area contributed by atoms with Crippen LogP contribution in [0.2, 0.25) is 0 Å². The van der Waals surface area contributed by atoms with E-state index in [1.54, 1.807) is 10.6 Å². The lowest BCUT2D eigenvalue weighted by Crippen LogP contribution is -2.48. The van der Waals surface area contributed by atoms with Gasteiger partial charge in [0.25, 0.3) is 5.56 Å². The first-order valence-electron chi connectivity index (χ1n) is 9.56. The SMILES string of the molecule is C=C(C)[C@H]1NC(=O)[C@@H](Cc2c[nH]c3ccccc23)n2c1nc1ccccc1c2=O. The Morgan fingerprint density at radius 2 is 1.83 bits per heavy atom. The van der Waals surface area contributed by atoms with Gasteiger partial charge in [-0.2, -0.15) is 0 Å². The molecule has 0 unspecified atom stereocenters. The first-order valence-corrected chi connectivity index (χ1v) is 9.56. The molecule has 5 rings (SSSR count). The highest BCUT2D eigenvalue weighted by atomic mass is 16.2. The molecule has 6 nitrogen and oxygen atoms in total. The van der Waals surface area contributed by atoms with E-state index in [9.17, 15) is 9.59 Å². The van der Waals surface area contributed by atoms with E-state index in [1.807, 2.05) is 55.6 Å². The maximum absolute atomic E-state index is 13.4. The summed E-state index contributed by atoms with van der Waals surface area (Å²) < 4.78 is 1.56. The highest BCUT2D eigenvalue weighted by molar-refractivity contribution is 5.87. The summed E-state index contributed by atoms with van der Waals surface area (Å²) in [5.74, 6) is 0.334. The standard InChI is InChI=1S/C23H20N4O2/c1-13(2)20-21-25-18-10-6-4-8-16(18)23(29)27(21)19(22(28)26-20)11-14-12-24-17-9-5-3-7-15(14)17/h3-10,12,19-20,24H,1,11H2,2H3,(H,26,28)/t19-,20-/m1/s1. The molecule has 0 saturated carbocycles. The van der Waals surface area contributed by atoms with Gasteiger partial charge in [-0.05, 0) is 30.7 Å². The van der Waals surface area contributed by atoms with Crippen LogP contribution >= 0.6 is 0 Å². The Bertz CT molecular complexity index is 1350. The molecule has 0 saturated heterocycles. The molecule has 144 valence electrons. The fourth-order valence-corrected chi connectivity index (χ4v) is 4.12. The normalized spacial score (nSPS) is 18.6. The van der Waals surface area contributed by atoms with E-state index in [4.69, 9.17) is 4.98 Å². The fraction of sp³-hybridized carbons (Fsp3) is 0.174. The Morgan fingerprint density at radius 1 is 1.10 bits per heavy atom. The van der Waals surface area contributed by atoms with E-state index >= 15 is 0 Å². The molecule has 29 heavy (non-hydrogen) atoms. The third-order valence-corrected chi connectivity index (χ3v) is 5.58. The predicted molar refractivity (Wildman–Crippen MR) is 113 cm³/mol. The highest BCUT2D eigenvalue weighted by Crippen LogP contribution is 2.30. The molecule has 1 aliphatic heterocycles. The van der Waals surface area contributed by atoms with Gasteiger partial charge in [-0.1, -0.05) is 42.5 Å². The molecular weight excluding hydrogens is 364 g/mol. The van der Waals surface area contributed by atoms with Crippen molar-refractivity contribution in [2.75, 3.05) is 0 Å². The summed E-state index contributed by atoms with van der Waals surface area (Å²) in [5.41, 5.74) is 3.15. The first-order chi connectivity index (χ1) is 14.0. The van der Waals surface area contributed by atoms with Gasteiger partial charge in [0, 0.05) is 23.5 Å². The van der Waals surface area contributed by atoms with Crippen molar-refractivity contribution in [3.05, 3.63) is 88.6 Å². The molecule has 6 heteroatoms. The third-order valence-electron chi connectivity index (χ3n) is 5.58. The lowest BCUT2D eigenvalue weighted by molar-refractivity contribution is -0.126. The van der Waals surface area contributed by atoms with Crippen LogP contribution in [0.1, 0.15) is 30.4 Å². The largest absolute Gasteiger partial charge is 0.361 e. The maximum atomic E-state index is 13.4. The number of H-pyrrole nitrogens is 1. The molecular formula is C23H20N4O2. The topological polar surface area (TPSA) is 79.8 Å². The van der Waals surface area contributed by atoms with E-state index < -0.39 is 12.1 Å². The van der Waals surface area contributed by atoms with E-state index in [0.29, 0.717) is 23.1 Å². The molecule has 4 aromatic rings. The number of rotatable bonds is 3. The van der Waals surface area contributed by atoms with E-state index in [2.05, 4.69) is 16.9 Å². The lowest BCUT2D eigenvalue weighted by atomic mass is 9.98. The number of nitrogens with zero attached hydrogens (tertiary/aromatic N) is 2. The van der Waals surface area contributed by atoms with Crippen LogP contribution in [0.5, 0.6) is 0 Å². The second-order valence-corrected chi connectivity index (χ2v) is 7.53. The molecule has 1 amide bonds. The summed E-state index contributed by atoms with van der Waals surface area (Å²) in [6, 6.07) is 14.0. The monoisotopic (exact) mass is 384 g/mol. The summed E-state index contributed by atoms with van der Waals surface area (Å²) in [6.07, 6.45) is 2.30. The zero-order chi connectivity index (χ0) is 20.1. The van der Waals surface area contributed by atoms with Crippen LogP contribution in [0.3, 0.4) is 0 Å². The molecule has 2 N–H and O–H groups in total. The van der Waals surface area contributed by atoms with Gasteiger partial charge in [-0.15, -0.1) is 0 Å². The number of hydrogen-bond acceptors (Lipinski definition) is 3. The summed E-state index contributed by atoms with van der Waals surface area (Å²) in [4.78, 5) is 34.4. The Kier molecular flexibility index (Phi) is 3.87. The Labute approximate surface area is 166 Å². The molecule has 2 aromatic carbocycles. The van der Waals surface area contributed by atoms with Crippen molar-refractivity contribution in [2.24, 2.45) is 0 Å². The molecule has 0 fully saturated rings. The molecule has 2 aromatic heterocycles. The second kappa shape index (κ2) is 6.44. The van der Waals surface area contributed by atoms with Crippen molar-refractivity contribution < 1.29 is 4.79 Å². The zero-order valence-electron chi connectivity index (χ0n) is 16.0. The average molecular weight is 384 g/mol. The maximum Gasteiger partial charge on any atom is 0.262 e. The number of hydrogen-bond donors (Lipinski definition) is 2. The Hall–Kier alpha value is -3.67. The molecule has 0 radical (unpaired) electrons. The van der Waals surface area contributed by atoms with Gasteiger partial charge in [0.2, 0.25) is 5.91 Å². The number of benzene rings is 2. The van der Waals surface area contributed by atoms with Gasteiger partial charge in [0.1, 0.15) is 17.9 Å². The second-order valence-electron chi connectivity index (χ2n) is 7.53. The van der Waals surface area contributed by atoms with Crippen molar-refractivity contribution in [1.29, 1.82) is 0 Å². The Balaban J connectivity index is 1.72. The first kappa shape index (κ1) is 17.4. The van der Waals surface area contributed by atoms with Gasteiger partial charge in [0.05, 0.1) is 10.9 Å². The predicted octanol–water partition coefficient (Wildman–Crippen LogP) is 3.41. The van der Waals surface area contributed by atoms with Crippen LogP contribution in [0, 0.1) is 0 Å². The molecule has 3 heterocycles. The number of fused-ring (bicyclic) bond motifs is 3. The van der Waals surface area contributed by atoms with Gasteiger partial charge >= 0.3 is 0 Å². The number of para-hydroxylation sites is 2. The van der Waals surface area contributed by atoms with E-state index in [1.165, 1.54) is 0 Å². The number of nitrogens with one attached hydrogen (secondary N) is 2. The summed E-state index contributed by atoms with van der Waals surface area (Å²) >= 11 is 0. The fourth-order valence-electron chi connectivity index (χ4n) is 4.12. The van der Waals surface area contributed by atoms with Gasteiger partial charge in [0.15, 0.2) is 0 Å². The van der Waals surface area contributed by atoms with Crippen molar-refractivity contribution >= 4 is 27.7 Å². The molecule has 0 aliphatic carbocycles. The minimum Gasteiger partial charge on any atom is -0.361 e. The number of carbonyl (C=O) groups excluding carboxylic acids is 1. The summed E-state index contributed by atoms with van der Waals surface area (Å²) in [7, 11) is 0.